The Morgan fingerprint density at radius 1 is 1.26 bits per heavy atom. The lowest BCUT2D eigenvalue weighted by Gasteiger charge is -2.19. The second kappa shape index (κ2) is 7.94. The molecular weight excluding hydrogens is 296 g/mol. The summed E-state index contributed by atoms with van der Waals surface area (Å²) in [6.45, 7) is 3.66. The van der Waals surface area contributed by atoms with E-state index < -0.39 is 0 Å². The van der Waals surface area contributed by atoms with Gasteiger partial charge in [-0.1, -0.05) is 0 Å². The van der Waals surface area contributed by atoms with Crippen LogP contribution in [-0.4, -0.2) is 45.3 Å². The van der Waals surface area contributed by atoms with E-state index in [0.29, 0.717) is 36.3 Å². The highest BCUT2D eigenvalue weighted by molar-refractivity contribution is 5.74. The fourth-order valence-electron chi connectivity index (χ4n) is 2.41. The normalized spacial score (nSPS) is 13.4. The van der Waals surface area contributed by atoms with Gasteiger partial charge < -0.3 is 24.4 Å². The Labute approximate surface area is 137 Å². The Balaban J connectivity index is 2.02. The molecule has 1 saturated carbocycles. The van der Waals surface area contributed by atoms with Crippen molar-refractivity contribution in [1.29, 1.82) is 0 Å². The number of nitrogens with zero attached hydrogens (tertiary/aromatic N) is 1. The van der Waals surface area contributed by atoms with E-state index in [2.05, 4.69) is 5.32 Å². The molecule has 2 rings (SSSR count). The summed E-state index contributed by atoms with van der Waals surface area (Å²) >= 11 is 0. The van der Waals surface area contributed by atoms with Crippen molar-refractivity contribution in [2.24, 2.45) is 5.92 Å². The summed E-state index contributed by atoms with van der Waals surface area (Å²) in [4.78, 5) is 13.8. The van der Waals surface area contributed by atoms with E-state index in [1.165, 1.54) is 12.8 Å². The van der Waals surface area contributed by atoms with Crippen LogP contribution in [0.4, 0.5) is 4.79 Å². The van der Waals surface area contributed by atoms with Gasteiger partial charge in [-0.05, 0) is 43.4 Å². The summed E-state index contributed by atoms with van der Waals surface area (Å²) in [5.41, 5.74) is 0.898. The minimum Gasteiger partial charge on any atom is -0.493 e. The molecule has 6 heteroatoms. The zero-order valence-corrected chi connectivity index (χ0v) is 14.3. The average Bonchev–Trinajstić information content (AvgIpc) is 3.37. The topological polar surface area (TPSA) is 60.0 Å². The van der Waals surface area contributed by atoms with Gasteiger partial charge in [0, 0.05) is 20.1 Å². The first-order valence-corrected chi connectivity index (χ1v) is 7.95. The molecule has 1 N–H and O–H groups in total. The molecule has 1 aliphatic carbocycles. The largest absolute Gasteiger partial charge is 0.493 e. The van der Waals surface area contributed by atoms with Crippen molar-refractivity contribution in [3.63, 3.8) is 0 Å². The Hall–Kier alpha value is -2.11. The highest BCUT2D eigenvalue weighted by Crippen LogP contribution is 2.38. The highest BCUT2D eigenvalue weighted by atomic mass is 16.5. The second-order valence-corrected chi connectivity index (χ2v) is 5.75. The number of amides is 2. The van der Waals surface area contributed by atoms with E-state index in [-0.39, 0.29) is 6.03 Å². The molecule has 0 unspecified atom stereocenters. The highest BCUT2D eigenvalue weighted by Gasteiger charge is 2.24. The summed E-state index contributed by atoms with van der Waals surface area (Å²) < 4.78 is 16.3. The third-order valence-electron chi connectivity index (χ3n) is 3.83. The van der Waals surface area contributed by atoms with Crippen molar-refractivity contribution in [3.8, 4) is 17.2 Å². The summed E-state index contributed by atoms with van der Waals surface area (Å²) in [5.74, 6) is 2.46. The molecule has 0 heterocycles. The van der Waals surface area contributed by atoms with Gasteiger partial charge in [0.1, 0.15) is 0 Å². The fourth-order valence-corrected chi connectivity index (χ4v) is 2.41. The third-order valence-corrected chi connectivity index (χ3v) is 3.83. The first-order chi connectivity index (χ1) is 11.1. The van der Waals surface area contributed by atoms with Crippen molar-refractivity contribution >= 4 is 6.03 Å². The van der Waals surface area contributed by atoms with Crippen LogP contribution in [0.3, 0.4) is 0 Å². The number of methoxy groups -OCH3 is 2. The van der Waals surface area contributed by atoms with E-state index in [4.69, 9.17) is 14.2 Å². The van der Waals surface area contributed by atoms with Crippen LogP contribution < -0.4 is 19.5 Å². The van der Waals surface area contributed by atoms with Gasteiger partial charge in [-0.2, -0.15) is 0 Å². The molecule has 1 aromatic rings. The molecule has 0 bridgehead atoms. The number of carbonyl (C=O) groups excluding carboxylic acids is 1. The number of rotatable bonds is 8. The summed E-state index contributed by atoms with van der Waals surface area (Å²) in [6, 6.07) is 3.65. The number of hydrogen-bond donors (Lipinski definition) is 1. The Morgan fingerprint density at radius 3 is 2.35 bits per heavy atom. The number of hydrogen-bond acceptors (Lipinski definition) is 4. The molecule has 1 aromatic carbocycles. The van der Waals surface area contributed by atoms with E-state index in [1.54, 1.807) is 19.1 Å². The Bertz CT molecular complexity index is 518. The Morgan fingerprint density at radius 2 is 1.87 bits per heavy atom. The van der Waals surface area contributed by atoms with Crippen molar-refractivity contribution in [3.05, 3.63) is 17.7 Å². The van der Waals surface area contributed by atoms with Crippen molar-refractivity contribution in [2.75, 3.05) is 34.4 Å². The number of urea groups is 1. The predicted molar refractivity (Wildman–Crippen MR) is 88.3 cm³/mol. The van der Waals surface area contributed by atoms with Crippen LogP contribution in [-0.2, 0) is 6.54 Å². The number of benzene rings is 1. The van der Waals surface area contributed by atoms with E-state index in [0.717, 1.165) is 12.1 Å². The lowest BCUT2D eigenvalue weighted by atomic mass is 10.2. The molecular formula is C17H26N2O4. The van der Waals surface area contributed by atoms with Crippen LogP contribution >= 0.6 is 0 Å². The molecule has 0 aliphatic heterocycles. The van der Waals surface area contributed by atoms with Crippen LogP contribution in [0.2, 0.25) is 0 Å². The molecule has 1 aliphatic rings. The van der Waals surface area contributed by atoms with Crippen molar-refractivity contribution < 1.29 is 19.0 Å². The van der Waals surface area contributed by atoms with E-state index >= 15 is 0 Å². The van der Waals surface area contributed by atoms with Gasteiger partial charge in [-0.25, -0.2) is 4.79 Å². The maximum atomic E-state index is 12.1. The standard InChI is InChI=1S/C17H26N2O4/c1-5-23-16-14(21-3)8-13(9-15(16)22-4)10-18-17(20)19(2)11-12-6-7-12/h8-9,12H,5-7,10-11H2,1-4H3,(H,18,20). The molecule has 6 nitrogen and oxygen atoms in total. The van der Waals surface area contributed by atoms with Gasteiger partial charge in [0.15, 0.2) is 11.5 Å². The summed E-state index contributed by atoms with van der Waals surface area (Å²) in [6.07, 6.45) is 2.45. The minimum atomic E-state index is -0.0660. The number of carbonyl (C=O) groups is 1. The molecule has 128 valence electrons. The predicted octanol–water partition coefficient (Wildman–Crippen LogP) is 2.65. The minimum absolute atomic E-state index is 0.0660. The average molecular weight is 322 g/mol. The van der Waals surface area contributed by atoms with Crippen LogP contribution in [0.25, 0.3) is 0 Å². The first kappa shape index (κ1) is 17.2. The zero-order valence-electron chi connectivity index (χ0n) is 14.3. The molecule has 0 saturated heterocycles. The SMILES string of the molecule is CCOc1c(OC)cc(CNC(=O)N(C)CC2CC2)cc1OC. The quantitative estimate of drug-likeness (QED) is 0.799. The molecule has 23 heavy (non-hydrogen) atoms. The monoisotopic (exact) mass is 322 g/mol. The lowest BCUT2D eigenvalue weighted by Crippen LogP contribution is -2.37. The van der Waals surface area contributed by atoms with Gasteiger partial charge in [-0.15, -0.1) is 0 Å². The summed E-state index contributed by atoms with van der Waals surface area (Å²) in [5, 5.41) is 2.92. The molecule has 1 fully saturated rings. The van der Waals surface area contributed by atoms with Gasteiger partial charge in [0.05, 0.1) is 20.8 Å². The van der Waals surface area contributed by atoms with Crippen LogP contribution in [0, 0.1) is 5.92 Å². The van der Waals surface area contributed by atoms with Crippen LogP contribution in [0.15, 0.2) is 12.1 Å². The van der Waals surface area contributed by atoms with E-state index in [1.807, 2.05) is 26.1 Å². The van der Waals surface area contributed by atoms with Gasteiger partial charge in [-0.3, -0.25) is 0 Å². The zero-order chi connectivity index (χ0) is 16.8. The lowest BCUT2D eigenvalue weighted by molar-refractivity contribution is 0.206. The van der Waals surface area contributed by atoms with Gasteiger partial charge in [0.25, 0.3) is 0 Å². The summed E-state index contributed by atoms with van der Waals surface area (Å²) in [7, 11) is 5.00. The van der Waals surface area contributed by atoms with Gasteiger partial charge >= 0.3 is 6.03 Å². The fraction of sp³-hybridized carbons (Fsp3) is 0.588. The maximum absolute atomic E-state index is 12.1. The maximum Gasteiger partial charge on any atom is 0.317 e. The molecule has 0 atom stereocenters. The van der Waals surface area contributed by atoms with Crippen molar-refractivity contribution in [2.45, 2.75) is 26.3 Å². The van der Waals surface area contributed by atoms with Crippen LogP contribution in [0.1, 0.15) is 25.3 Å². The number of nitrogens with one attached hydrogen (secondary N) is 1. The third kappa shape index (κ3) is 4.68. The Kier molecular flexibility index (Phi) is 5.96. The molecule has 0 spiro atoms. The van der Waals surface area contributed by atoms with Gasteiger partial charge in [0.2, 0.25) is 5.75 Å². The van der Waals surface area contributed by atoms with Crippen LogP contribution in [0.5, 0.6) is 17.2 Å². The molecule has 0 radical (unpaired) electrons. The number of ether oxygens (including phenoxy) is 3. The van der Waals surface area contributed by atoms with Crippen molar-refractivity contribution in [1.82, 2.24) is 10.2 Å². The van der Waals surface area contributed by atoms with E-state index in [9.17, 15) is 4.79 Å². The second-order valence-electron chi connectivity index (χ2n) is 5.75. The smallest absolute Gasteiger partial charge is 0.317 e. The molecule has 2 amide bonds. The molecule has 0 aromatic heterocycles. The first-order valence-electron chi connectivity index (χ1n) is 7.95.